The Kier molecular flexibility index (Phi) is 2.97. The van der Waals surface area contributed by atoms with Crippen molar-refractivity contribution in [2.45, 2.75) is 21.5 Å². The summed E-state index contributed by atoms with van der Waals surface area (Å²) in [5, 5.41) is 0. The van der Waals surface area contributed by atoms with E-state index in [1.165, 1.54) is 0 Å². The molecule has 88 valence electrons. The summed E-state index contributed by atoms with van der Waals surface area (Å²) >= 11 is 23.1. The lowest BCUT2D eigenvalue weighted by atomic mass is 10.5. The molecular weight excluding hydrogens is 302 g/mol. The lowest BCUT2D eigenvalue weighted by Crippen LogP contribution is -2.17. The van der Waals surface area contributed by atoms with E-state index in [1.807, 2.05) is 0 Å². The Morgan fingerprint density at radius 1 is 0.933 bits per heavy atom. The predicted molar refractivity (Wildman–Crippen MR) is 63.7 cm³/mol. The number of hydrogen-bond acceptors (Lipinski definition) is 2. The van der Waals surface area contributed by atoms with Crippen LogP contribution in [0.2, 0.25) is 0 Å². The highest BCUT2D eigenvalue weighted by molar-refractivity contribution is 7.91. The van der Waals surface area contributed by atoms with Gasteiger partial charge in [0.1, 0.15) is 8.67 Å². The Hall–Kier alpha value is 1.11. The Labute approximate surface area is 109 Å². The lowest BCUT2D eigenvalue weighted by molar-refractivity contribution is 0.588. The monoisotopic (exact) mass is 310 g/mol. The zero-order valence-electron chi connectivity index (χ0n) is 7.72. The van der Waals surface area contributed by atoms with Gasteiger partial charge in [0.15, 0.2) is 9.84 Å². The van der Waals surface area contributed by atoms with Crippen molar-refractivity contribution in [1.82, 2.24) is 0 Å². The molecule has 2 aliphatic rings. The van der Waals surface area contributed by atoms with E-state index >= 15 is 0 Å². The predicted octanol–water partition coefficient (Wildman–Crippen LogP) is 2.79. The fraction of sp³-hybridized carbons (Fsp3) is 1.00. The van der Waals surface area contributed by atoms with Gasteiger partial charge in [-0.05, 0) is 12.8 Å². The first-order valence-electron chi connectivity index (χ1n) is 4.58. The molecule has 0 aromatic carbocycles. The second-order valence-corrected chi connectivity index (χ2v) is 9.64. The highest BCUT2D eigenvalue weighted by Crippen LogP contribution is 2.56. The van der Waals surface area contributed by atoms with Gasteiger partial charge in [-0.25, -0.2) is 8.42 Å². The summed E-state index contributed by atoms with van der Waals surface area (Å²) in [5.74, 6) is -0.185. The number of hydrogen-bond donors (Lipinski definition) is 0. The van der Waals surface area contributed by atoms with E-state index < -0.39 is 18.5 Å². The molecule has 0 amide bonds. The normalized spacial score (nSPS) is 36.3. The SMILES string of the molecule is O=S(=O)(C[C@H]1CC1(Cl)Cl)C[C@@H]1CC1(Cl)Cl. The standard InChI is InChI=1S/C8H10Cl4O2S/c9-7(10)1-5(7)3-15(13,14)4-6-2-8(6,11)12/h5-6H,1-4H2/t5-,6+. The molecule has 0 bridgehead atoms. The van der Waals surface area contributed by atoms with Gasteiger partial charge in [-0.15, -0.1) is 46.4 Å². The molecule has 2 saturated carbocycles. The first-order valence-corrected chi connectivity index (χ1v) is 7.92. The minimum atomic E-state index is -3.13. The van der Waals surface area contributed by atoms with Crippen molar-refractivity contribution in [3.8, 4) is 0 Å². The maximum atomic E-state index is 11.7. The van der Waals surface area contributed by atoms with Gasteiger partial charge in [0.25, 0.3) is 0 Å². The minimum Gasteiger partial charge on any atom is -0.229 e. The van der Waals surface area contributed by atoms with E-state index in [4.69, 9.17) is 46.4 Å². The molecule has 15 heavy (non-hydrogen) atoms. The first kappa shape index (κ1) is 12.6. The molecule has 0 unspecified atom stereocenters. The molecule has 0 radical (unpaired) electrons. The van der Waals surface area contributed by atoms with E-state index in [1.54, 1.807) is 0 Å². The quantitative estimate of drug-likeness (QED) is 0.748. The van der Waals surface area contributed by atoms with Crippen LogP contribution in [-0.2, 0) is 9.84 Å². The van der Waals surface area contributed by atoms with Gasteiger partial charge < -0.3 is 0 Å². The molecule has 0 aromatic rings. The highest BCUT2D eigenvalue weighted by atomic mass is 35.5. The van der Waals surface area contributed by atoms with Crippen molar-refractivity contribution in [3.63, 3.8) is 0 Å². The topological polar surface area (TPSA) is 34.1 Å². The fourth-order valence-electron chi connectivity index (χ4n) is 1.58. The molecule has 2 atom stereocenters. The largest absolute Gasteiger partial charge is 0.229 e. The van der Waals surface area contributed by atoms with Crippen LogP contribution in [0.4, 0.5) is 0 Å². The van der Waals surface area contributed by atoms with Crippen molar-refractivity contribution in [2.75, 3.05) is 11.5 Å². The molecule has 7 heteroatoms. The Balaban J connectivity index is 1.87. The van der Waals surface area contributed by atoms with E-state index in [0.717, 1.165) is 0 Å². The van der Waals surface area contributed by atoms with Crippen LogP contribution in [0.3, 0.4) is 0 Å². The average molecular weight is 312 g/mol. The second kappa shape index (κ2) is 3.55. The zero-order valence-corrected chi connectivity index (χ0v) is 11.6. The maximum Gasteiger partial charge on any atom is 0.151 e. The summed E-state index contributed by atoms with van der Waals surface area (Å²) in [6.07, 6.45) is 1.10. The third-order valence-electron chi connectivity index (χ3n) is 2.82. The lowest BCUT2D eigenvalue weighted by Gasteiger charge is -2.04. The van der Waals surface area contributed by atoms with Crippen molar-refractivity contribution in [2.24, 2.45) is 11.8 Å². The zero-order chi connectivity index (χ0) is 11.5. The Morgan fingerprint density at radius 2 is 1.20 bits per heavy atom. The van der Waals surface area contributed by atoms with Gasteiger partial charge in [-0.1, -0.05) is 0 Å². The third kappa shape index (κ3) is 3.06. The summed E-state index contributed by atoms with van der Waals surface area (Å²) in [7, 11) is -3.13. The summed E-state index contributed by atoms with van der Waals surface area (Å²) < 4.78 is 21.7. The van der Waals surface area contributed by atoms with Crippen LogP contribution in [0.25, 0.3) is 0 Å². The molecule has 0 aliphatic heterocycles. The van der Waals surface area contributed by atoms with E-state index in [2.05, 4.69) is 0 Å². The maximum absolute atomic E-state index is 11.7. The minimum absolute atomic E-state index is 0.0420. The number of sulfone groups is 1. The van der Waals surface area contributed by atoms with Crippen LogP contribution in [0.5, 0.6) is 0 Å². The Bertz CT molecular complexity index is 346. The van der Waals surface area contributed by atoms with Crippen molar-refractivity contribution in [3.05, 3.63) is 0 Å². The van der Waals surface area contributed by atoms with Crippen LogP contribution >= 0.6 is 46.4 Å². The molecule has 0 N–H and O–H groups in total. The third-order valence-corrected chi connectivity index (χ3v) is 6.49. The Morgan fingerprint density at radius 3 is 1.40 bits per heavy atom. The average Bonchev–Trinajstić information content (AvgIpc) is 2.72. The summed E-state index contributed by atoms with van der Waals surface area (Å²) in [5.41, 5.74) is 0. The van der Waals surface area contributed by atoms with E-state index in [9.17, 15) is 8.42 Å². The van der Waals surface area contributed by atoms with Gasteiger partial charge in [-0.2, -0.15) is 0 Å². The van der Waals surface area contributed by atoms with Crippen molar-refractivity contribution in [1.29, 1.82) is 0 Å². The first-order chi connectivity index (χ1) is 6.62. The molecule has 2 aliphatic carbocycles. The van der Waals surface area contributed by atoms with Gasteiger partial charge >= 0.3 is 0 Å². The second-order valence-electron chi connectivity index (χ2n) is 4.40. The van der Waals surface area contributed by atoms with E-state index in [-0.39, 0.29) is 23.3 Å². The van der Waals surface area contributed by atoms with Crippen LogP contribution < -0.4 is 0 Å². The van der Waals surface area contributed by atoms with Crippen molar-refractivity contribution >= 4 is 56.2 Å². The molecule has 0 heterocycles. The number of rotatable bonds is 4. The van der Waals surface area contributed by atoms with Crippen molar-refractivity contribution < 1.29 is 8.42 Å². The van der Waals surface area contributed by atoms with Gasteiger partial charge in [0, 0.05) is 11.8 Å². The smallest absolute Gasteiger partial charge is 0.151 e. The van der Waals surface area contributed by atoms with Gasteiger partial charge in [0.05, 0.1) is 11.5 Å². The molecule has 2 fully saturated rings. The molecule has 0 spiro atoms. The molecule has 0 saturated heterocycles. The summed E-state index contributed by atoms with van der Waals surface area (Å²) in [6, 6.07) is 0. The van der Waals surface area contributed by atoms with E-state index in [0.29, 0.717) is 12.8 Å². The van der Waals surface area contributed by atoms with Gasteiger partial charge in [-0.3, -0.25) is 0 Å². The summed E-state index contributed by atoms with van der Waals surface area (Å²) in [4.78, 5) is 0. The van der Waals surface area contributed by atoms with Crippen LogP contribution in [0, 0.1) is 11.8 Å². The molecule has 2 nitrogen and oxygen atoms in total. The molecule has 2 rings (SSSR count). The molecule has 0 aromatic heterocycles. The highest BCUT2D eigenvalue weighted by Gasteiger charge is 2.56. The number of halogens is 4. The summed E-state index contributed by atoms with van der Waals surface area (Å²) in [6.45, 7) is 0. The van der Waals surface area contributed by atoms with Crippen LogP contribution in [-0.4, -0.2) is 28.6 Å². The fourth-order valence-corrected chi connectivity index (χ4v) is 5.17. The van der Waals surface area contributed by atoms with Gasteiger partial charge in [0.2, 0.25) is 0 Å². The van der Waals surface area contributed by atoms with Crippen LogP contribution in [0.15, 0.2) is 0 Å². The number of alkyl halides is 4. The molecular formula is C8H10Cl4O2S. The van der Waals surface area contributed by atoms with Crippen LogP contribution in [0.1, 0.15) is 12.8 Å².